The summed E-state index contributed by atoms with van der Waals surface area (Å²) in [7, 11) is 0. The lowest BCUT2D eigenvalue weighted by Gasteiger charge is -2.28. The number of rotatable bonds is 8. The van der Waals surface area contributed by atoms with Gasteiger partial charge in [-0.15, -0.1) is 0 Å². The third-order valence-corrected chi connectivity index (χ3v) is 6.31. The Hall–Kier alpha value is -2.10. The lowest BCUT2D eigenvalue weighted by molar-refractivity contribution is 0.204. The van der Waals surface area contributed by atoms with Crippen molar-refractivity contribution in [1.29, 1.82) is 0 Å². The summed E-state index contributed by atoms with van der Waals surface area (Å²) in [6.45, 7) is 7.83. The highest BCUT2D eigenvalue weighted by atomic mass is 16.5. The Morgan fingerprint density at radius 2 is 1.60 bits per heavy atom. The van der Waals surface area contributed by atoms with Gasteiger partial charge in [0.15, 0.2) is 0 Å². The van der Waals surface area contributed by atoms with Crippen LogP contribution in [0.1, 0.15) is 49.7 Å². The van der Waals surface area contributed by atoms with Crippen LogP contribution in [0.5, 0.6) is 5.75 Å². The monoisotopic (exact) mass is 404 g/mol. The third kappa shape index (κ3) is 6.72. The van der Waals surface area contributed by atoms with E-state index in [2.05, 4.69) is 70.5 Å². The first-order chi connectivity index (χ1) is 14.8. The second kappa shape index (κ2) is 11.3. The van der Waals surface area contributed by atoms with Crippen molar-refractivity contribution in [2.45, 2.75) is 45.1 Å². The zero-order chi connectivity index (χ0) is 20.4. The van der Waals surface area contributed by atoms with E-state index in [9.17, 15) is 0 Å². The second-order valence-corrected chi connectivity index (χ2v) is 8.74. The van der Waals surface area contributed by atoms with Gasteiger partial charge in [0.1, 0.15) is 5.75 Å². The minimum atomic E-state index is 0.817. The fourth-order valence-corrected chi connectivity index (χ4v) is 4.58. The fourth-order valence-electron chi connectivity index (χ4n) is 4.58. The third-order valence-electron chi connectivity index (χ3n) is 6.31. The molecule has 30 heavy (non-hydrogen) atoms. The maximum absolute atomic E-state index is 6.06. The standard InChI is InChI=1S/C27H36N2O/c1-3-9-24(10-4-1)21-25-13-18-29(19-14-25)23-26-11-7-12-27(22-26)30-20-8-17-28-15-5-2-6-16-28/h1,3-4,7,9-12,21-22H,2,5-6,8,13-20,23H2. The molecule has 2 aromatic carbocycles. The molecule has 0 unspecified atom stereocenters. The van der Waals surface area contributed by atoms with Crippen molar-refractivity contribution in [3.8, 4) is 5.75 Å². The van der Waals surface area contributed by atoms with E-state index in [1.165, 1.54) is 62.9 Å². The zero-order valence-electron chi connectivity index (χ0n) is 18.3. The molecule has 0 aromatic heterocycles. The van der Waals surface area contributed by atoms with Crippen molar-refractivity contribution in [3.63, 3.8) is 0 Å². The van der Waals surface area contributed by atoms with Gasteiger partial charge in [0.25, 0.3) is 0 Å². The van der Waals surface area contributed by atoms with E-state index in [-0.39, 0.29) is 0 Å². The van der Waals surface area contributed by atoms with Crippen LogP contribution >= 0.6 is 0 Å². The number of ether oxygens (including phenoxy) is 1. The molecule has 3 nitrogen and oxygen atoms in total. The molecular weight excluding hydrogens is 368 g/mol. The van der Waals surface area contributed by atoms with Crippen molar-refractivity contribution >= 4 is 6.08 Å². The molecule has 2 heterocycles. The average Bonchev–Trinajstić information content (AvgIpc) is 2.80. The summed E-state index contributed by atoms with van der Waals surface area (Å²) in [6, 6.07) is 19.4. The summed E-state index contributed by atoms with van der Waals surface area (Å²) in [5, 5.41) is 0. The maximum atomic E-state index is 6.06. The van der Waals surface area contributed by atoms with Crippen molar-refractivity contribution in [3.05, 3.63) is 71.3 Å². The Bertz CT molecular complexity index is 786. The quantitative estimate of drug-likeness (QED) is 0.531. The van der Waals surface area contributed by atoms with Crippen molar-refractivity contribution in [2.75, 3.05) is 39.3 Å². The van der Waals surface area contributed by atoms with E-state index in [4.69, 9.17) is 4.74 Å². The summed E-state index contributed by atoms with van der Waals surface area (Å²) in [5.74, 6) is 1.02. The predicted molar refractivity (Wildman–Crippen MR) is 126 cm³/mol. The second-order valence-electron chi connectivity index (χ2n) is 8.74. The first kappa shape index (κ1) is 21.1. The van der Waals surface area contributed by atoms with E-state index < -0.39 is 0 Å². The van der Waals surface area contributed by atoms with E-state index in [1.807, 2.05) is 0 Å². The number of hydrogen-bond donors (Lipinski definition) is 0. The first-order valence-corrected chi connectivity index (χ1v) is 11.8. The van der Waals surface area contributed by atoms with Gasteiger partial charge in [0, 0.05) is 26.2 Å². The van der Waals surface area contributed by atoms with Gasteiger partial charge in [-0.25, -0.2) is 0 Å². The highest BCUT2D eigenvalue weighted by Crippen LogP contribution is 2.22. The zero-order valence-corrected chi connectivity index (χ0v) is 18.3. The Kier molecular flexibility index (Phi) is 7.99. The minimum absolute atomic E-state index is 0.817. The summed E-state index contributed by atoms with van der Waals surface area (Å²) >= 11 is 0. The smallest absolute Gasteiger partial charge is 0.119 e. The Morgan fingerprint density at radius 3 is 2.40 bits per heavy atom. The van der Waals surface area contributed by atoms with Crippen molar-refractivity contribution < 1.29 is 4.74 Å². The summed E-state index contributed by atoms with van der Waals surface area (Å²) in [5.41, 5.74) is 4.26. The lowest BCUT2D eigenvalue weighted by atomic mass is 10.0. The molecule has 0 N–H and O–H groups in total. The van der Waals surface area contributed by atoms with Gasteiger partial charge in [0.05, 0.1) is 6.61 Å². The van der Waals surface area contributed by atoms with Gasteiger partial charge < -0.3 is 9.64 Å². The molecule has 0 radical (unpaired) electrons. The summed E-state index contributed by atoms with van der Waals surface area (Å²) < 4.78 is 6.06. The number of benzene rings is 2. The normalized spacial score (nSPS) is 18.3. The maximum Gasteiger partial charge on any atom is 0.119 e. The Morgan fingerprint density at radius 1 is 0.800 bits per heavy atom. The van der Waals surface area contributed by atoms with Crippen molar-refractivity contribution in [2.24, 2.45) is 0 Å². The van der Waals surface area contributed by atoms with E-state index in [0.29, 0.717) is 0 Å². The molecular formula is C27H36N2O. The van der Waals surface area contributed by atoms with Crippen LogP contribution in [0.4, 0.5) is 0 Å². The molecule has 2 aromatic rings. The van der Waals surface area contributed by atoms with Crippen LogP contribution in [0.3, 0.4) is 0 Å². The number of hydrogen-bond acceptors (Lipinski definition) is 3. The van der Waals surface area contributed by atoms with Crippen LogP contribution in [0.2, 0.25) is 0 Å². The SMILES string of the molecule is C(=C1CCN(Cc2cccc(OCCCN3CCCCC3)c2)CC1)c1ccccc1. The van der Waals surface area contributed by atoms with E-state index in [1.54, 1.807) is 5.57 Å². The highest BCUT2D eigenvalue weighted by Gasteiger charge is 2.14. The molecule has 0 spiro atoms. The Balaban J connectivity index is 1.19. The number of nitrogens with zero attached hydrogens (tertiary/aromatic N) is 2. The van der Waals surface area contributed by atoms with Gasteiger partial charge in [-0.3, -0.25) is 4.90 Å². The molecule has 2 aliphatic heterocycles. The molecule has 0 aliphatic carbocycles. The number of piperidine rings is 2. The van der Waals surface area contributed by atoms with Gasteiger partial charge in [-0.05, 0) is 68.5 Å². The molecule has 2 fully saturated rings. The van der Waals surface area contributed by atoms with Crippen LogP contribution in [0, 0.1) is 0 Å². The van der Waals surface area contributed by atoms with Gasteiger partial charge in [0.2, 0.25) is 0 Å². The van der Waals surface area contributed by atoms with Crippen LogP contribution < -0.4 is 4.74 Å². The molecule has 0 saturated carbocycles. The van der Waals surface area contributed by atoms with E-state index in [0.717, 1.165) is 38.4 Å². The topological polar surface area (TPSA) is 15.7 Å². The molecule has 2 saturated heterocycles. The van der Waals surface area contributed by atoms with Crippen LogP contribution in [0.15, 0.2) is 60.2 Å². The van der Waals surface area contributed by atoms with Crippen LogP contribution in [-0.4, -0.2) is 49.1 Å². The molecule has 0 atom stereocenters. The van der Waals surface area contributed by atoms with Gasteiger partial charge in [-0.2, -0.15) is 0 Å². The van der Waals surface area contributed by atoms with Gasteiger partial charge >= 0.3 is 0 Å². The summed E-state index contributed by atoms with van der Waals surface area (Å²) in [6.07, 6.45) is 9.96. The Labute approximate surface area is 182 Å². The minimum Gasteiger partial charge on any atom is -0.494 e. The lowest BCUT2D eigenvalue weighted by Crippen LogP contribution is -2.31. The predicted octanol–water partition coefficient (Wildman–Crippen LogP) is 5.62. The molecule has 4 rings (SSSR count). The molecule has 160 valence electrons. The first-order valence-electron chi connectivity index (χ1n) is 11.8. The summed E-state index contributed by atoms with van der Waals surface area (Å²) in [4.78, 5) is 5.15. The average molecular weight is 405 g/mol. The molecule has 0 bridgehead atoms. The molecule has 2 aliphatic rings. The molecule has 3 heteroatoms. The van der Waals surface area contributed by atoms with E-state index >= 15 is 0 Å². The van der Waals surface area contributed by atoms with Crippen LogP contribution in [-0.2, 0) is 6.54 Å². The highest BCUT2D eigenvalue weighted by molar-refractivity contribution is 5.52. The van der Waals surface area contributed by atoms with Gasteiger partial charge in [-0.1, -0.05) is 60.5 Å². The largest absolute Gasteiger partial charge is 0.494 e. The number of likely N-dealkylation sites (tertiary alicyclic amines) is 2. The van der Waals surface area contributed by atoms with Crippen LogP contribution in [0.25, 0.3) is 6.08 Å². The molecule has 0 amide bonds. The van der Waals surface area contributed by atoms with Crippen molar-refractivity contribution in [1.82, 2.24) is 9.80 Å². The fraction of sp³-hybridized carbons (Fsp3) is 0.481.